The van der Waals surface area contributed by atoms with E-state index in [0.29, 0.717) is 0 Å². The van der Waals surface area contributed by atoms with Gasteiger partial charge in [-0.3, -0.25) is 0 Å². The lowest BCUT2D eigenvalue weighted by molar-refractivity contribution is 0.220. The fraction of sp³-hybridized carbons (Fsp3) is 1.00. The van der Waals surface area contributed by atoms with Crippen molar-refractivity contribution in [2.45, 2.75) is 45.4 Å². The molecule has 3 unspecified atom stereocenters. The van der Waals surface area contributed by atoms with Crippen LogP contribution in [0.25, 0.3) is 0 Å². The van der Waals surface area contributed by atoms with E-state index in [1.165, 1.54) is 12.8 Å². The minimum absolute atomic E-state index is 1.06. The fourth-order valence-electron chi connectivity index (χ4n) is 2.93. The van der Waals surface area contributed by atoms with Crippen molar-refractivity contribution in [3.05, 3.63) is 0 Å². The van der Waals surface area contributed by atoms with Crippen molar-refractivity contribution in [2.24, 2.45) is 17.8 Å². The maximum Gasteiger partial charge on any atom is -0.0388 e. The zero-order valence-electron chi connectivity index (χ0n) is 6.97. The van der Waals surface area contributed by atoms with Crippen LogP contribution in [0.1, 0.15) is 45.4 Å². The average Bonchev–Trinajstić information content (AvgIpc) is 2.20. The number of hydrogen-bond acceptors (Lipinski definition) is 0. The standard InChI is InChI=1S/C10H18/c1-8-7-9-3-2-4-10(8)6-5-9/h8-10H,2-7H2,1H3. The molecule has 0 N–H and O–H groups in total. The molecule has 3 atom stereocenters. The molecule has 0 saturated heterocycles. The Morgan fingerprint density at radius 2 is 1.90 bits per heavy atom. The van der Waals surface area contributed by atoms with E-state index in [9.17, 15) is 0 Å². The highest BCUT2D eigenvalue weighted by Gasteiger charge is 2.29. The van der Waals surface area contributed by atoms with E-state index >= 15 is 0 Å². The molecule has 0 nitrogen and oxygen atoms in total. The maximum absolute atomic E-state index is 2.46. The Morgan fingerprint density at radius 3 is 2.70 bits per heavy atom. The van der Waals surface area contributed by atoms with Crippen molar-refractivity contribution in [1.29, 1.82) is 0 Å². The molecule has 0 aromatic carbocycles. The average molecular weight is 138 g/mol. The Labute approximate surface area is 64.0 Å². The Bertz CT molecular complexity index is 113. The summed E-state index contributed by atoms with van der Waals surface area (Å²) in [5, 5.41) is 0. The molecule has 3 aliphatic carbocycles. The molecule has 2 bridgehead atoms. The van der Waals surface area contributed by atoms with E-state index in [-0.39, 0.29) is 0 Å². The van der Waals surface area contributed by atoms with E-state index < -0.39 is 0 Å². The minimum atomic E-state index is 1.06. The first kappa shape index (κ1) is 6.69. The fourth-order valence-corrected chi connectivity index (χ4v) is 2.93. The topological polar surface area (TPSA) is 0 Å². The molecule has 58 valence electrons. The molecule has 0 spiro atoms. The van der Waals surface area contributed by atoms with Gasteiger partial charge in [-0.2, -0.15) is 0 Å². The summed E-state index contributed by atoms with van der Waals surface area (Å²) >= 11 is 0. The van der Waals surface area contributed by atoms with Crippen molar-refractivity contribution in [3.63, 3.8) is 0 Å². The molecule has 3 fully saturated rings. The zero-order chi connectivity index (χ0) is 6.97. The van der Waals surface area contributed by atoms with Crippen LogP contribution in [0.3, 0.4) is 0 Å². The summed E-state index contributed by atoms with van der Waals surface area (Å²) in [7, 11) is 0. The molecule has 0 radical (unpaired) electrons. The quantitative estimate of drug-likeness (QED) is 0.482. The SMILES string of the molecule is CC1CC2CCCC1CC2. The summed E-state index contributed by atoms with van der Waals surface area (Å²) in [5.41, 5.74) is 0. The third kappa shape index (κ3) is 1.09. The van der Waals surface area contributed by atoms with Gasteiger partial charge in [-0.1, -0.05) is 32.6 Å². The van der Waals surface area contributed by atoms with Gasteiger partial charge in [0.15, 0.2) is 0 Å². The Morgan fingerprint density at radius 1 is 1.00 bits per heavy atom. The second-order valence-corrected chi connectivity index (χ2v) is 4.35. The van der Waals surface area contributed by atoms with Crippen molar-refractivity contribution < 1.29 is 0 Å². The summed E-state index contributed by atoms with van der Waals surface area (Å²) in [5.74, 6) is 3.29. The van der Waals surface area contributed by atoms with Gasteiger partial charge < -0.3 is 0 Å². The van der Waals surface area contributed by atoms with Crippen LogP contribution in [-0.2, 0) is 0 Å². The van der Waals surface area contributed by atoms with Gasteiger partial charge in [0.25, 0.3) is 0 Å². The molecule has 0 aromatic heterocycles. The molecule has 10 heavy (non-hydrogen) atoms. The molecule has 0 aromatic rings. The molecule has 3 rings (SSSR count). The Balaban J connectivity index is 2.07. The van der Waals surface area contributed by atoms with Crippen molar-refractivity contribution >= 4 is 0 Å². The highest BCUT2D eigenvalue weighted by Crippen LogP contribution is 2.42. The molecular formula is C10H18. The van der Waals surface area contributed by atoms with Crippen molar-refractivity contribution in [2.75, 3.05) is 0 Å². The van der Waals surface area contributed by atoms with E-state index in [2.05, 4.69) is 6.92 Å². The maximum atomic E-state index is 2.46. The van der Waals surface area contributed by atoms with E-state index in [1.807, 2.05) is 0 Å². The molecule has 3 saturated carbocycles. The van der Waals surface area contributed by atoms with Gasteiger partial charge in [-0.15, -0.1) is 0 Å². The molecule has 0 aliphatic heterocycles. The second-order valence-electron chi connectivity index (χ2n) is 4.35. The van der Waals surface area contributed by atoms with Gasteiger partial charge in [0.2, 0.25) is 0 Å². The Kier molecular flexibility index (Phi) is 1.71. The number of rotatable bonds is 0. The van der Waals surface area contributed by atoms with Crippen molar-refractivity contribution in [1.82, 2.24) is 0 Å². The van der Waals surface area contributed by atoms with Gasteiger partial charge in [-0.05, 0) is 30.6 Å². The predicted octanol–water partition coefficient (Wildman–Crippen LogP) is 3.22. The van der Waals surface area contributed by atoms with Gasteiger partial charge in [0.05, 0.1) is 0 Å². The highest BCUT2D eigenvalue weighted by atomic mass is 14.4. The number of fused-ring (bicyclic) bond motifs is 4. The van der Waals surface area contributed by atoms with E-state index in [4.69, 9.17) is 0 Å². The third-order valence-electron chi connectivity index (χ3n) is 3.64. The van der Waals surface area contributed by atoms with Crippen LogP contribution >= 0.6 is 0 Å². The summed E-state index contributed by atoms with van der Waals surface area (Å²) in [6.07, 6.45) is 9.25. The summed E-state index contributed by atoms with van der Waals surface area (Å²) in [6.45, 7) is 2.46. The lowest BCUT2D eigenvalue weighted by Crippen LogP contribution is -2.18. The first-order chi connectivity index (χ1) is 4.86. The molecular weight excluding hydrogens is 120 g/mol. The molecule has 0 heterocycles. The van der Waals surface area contributed by atoms with Crippen LogP contribution < -0.4 is 0 Å². The predicted molar refractivity (Wildman–Crippen MR) is 43.8 cm³/mol. The third-order valence-corrected chi connectivity index (χ3v) is 3.64. The first-order valence-corrected chi connectivity index (χ1v) is 4.86. The second kappa shape index (κ2) is 2.56. The van der Waals surface area contributed by atoms with Gasteiger partial charge in [-0.25, -0.2) is 0 Å². The summed E-state index contributed by atoms with van der Waals surface area (Å²) in [6, 6.07) is 0. The van der Waals surface area contributed by atoms with Gasteiger partial charge >= 0.3 is 0 Å². The number of hydrogen-bond donors (Lipinski definition) is 0. The van der Waals surface area contributed by atoms with Crippen LogP contribution in [0.4, 0.5) is 0 Å². The summed E-state index contributed by atoms with van der Waals surface area (Å²) in [4.78, 5) is 0. The van der Waals surface area contributed by atoms with Gasteiger partial charge in [0, 0.05) is 0 Å². The van der Waals surface area contributed by atoms with E-state index in [1.54, 1.807) is 25.7 Å². The molecule has 0 amide bonds. The Hall–Kier alpha value is 0. The van der Waals surface area contributed by atoms with Gasteiger partial charge in [0.1, 0.15) is 0 Å². The van der Waals surface area contributed by atoms with Crippen LogP contribution in [-0.4, -0.2) is 0 Å². The van der Waals surface area contributed by atoms with Crippen LogP contribution in [0.5, 0.6) is 0 Å². The van der Waals surface area contributed by atoms with E-state index in [0.717, 1.165) is 17.8 Å². The zero-order valence-corrected chi connectivity index (χ0v) is 6.97. The normalized spacial score (nSPS) is 47.1. The molecule has 3 aliphatic rings. The summed E-state index contributed by atoms with van der Waals surface area (Å²) < 4.78 is 0. The van der Waals surface area contributed by atoms with Crippen molar-refractivity contribution in [3.8, 4) is 0 Å². The first-order valence-electron chi connectivity index (χ1n) is 4.86. The smallest absolute Gasteiger partial charge is 0.0388 e. The van der Waals surface area contributed by atoms with Crippen LogP contribution in [0.15, 0.2) is 0 Å². The highest BCUT2D eigenvalue weighted by molar-refractivity contribution is 4.81. The lowest BCUT2D eigenvalue weighted by Gasteiger charge is -2.29. The monoisotopic (exact) mass is 138 g/mol. The largest absolute Gasteiger partial charge is 0.0622 e. The minimum Gasteiger partial charge on any atom is -0.0622 e. The lowest BCUT2D eigenvalue weighted by atomic mass is 9.77. The molecule has 0 heteroatoms. The van der Waals surface area contributed by atoms with Crippen LogP contribution in [0, 0.1) is 17.8 Å². The van der Waals surface area contributed by atoms with Crippen LogP contribution in [0.2, 0.25) is 0 Å².